The molecule has 2 aliphatic heterocycles. The molecule has 1 saturated heterocycles. The van der Waals surface area contributed by atoms with Crippen LogP contribution in [0.5, 0.6) is 0 Å². The number of likely N-dealkylation sites (tertiary alicyclic amines) is 1. The molecule has 3 aromatic rings. The van der Waals surface area contributed by atoms with Gasteiger partial charge in [0.05, 0.1) is 5.57 Å². The van der Waals surface area contributed by atoms with Crippen LogP contribution in [0, 0.1) is 0 Å². The van der Waals surface area contributed by atoms with Gasteiger partial charge in [-0.25, -0.2) is 0 Å². The normalized spacial score (nSPS) is 17.5. The number of nitrogens with one attached hydrogen (secondary N) is 2. The highest BCUT2D eigenvalue weighted by Crippen LogP contribution is 2.30. The third kappa shape index (κ3) is 4.73. The minimum absolute atomic E-state index is 0.367. The number of piperidine rings is 1. The molecule has 0 saturated carbocycles. The van der Waals surface area contributed by atoms with Crippen LogP contribution >= 0.6 is 0 Å². The molecular weight excluding hydrogens is 410 g/mol. The second-order valence-electron chi connectivity index (χ2n) is 8.65. The van der Waals surface area contributed by atoms with E-state index in [-0.39, 0.29) is 5.91 Å². The van der Waals surface area contributed by atoms with Gasteiger partial charge in [0.1, 0.15) is 0 Å². The first-order valence-corrected chi connectivity index (χ1v) is 11.5. The monoisotopic (exact) mass is 437 g/mol. The maximum absolute atomic E-state index is 12.7. The van der Waals surface area contributed by atoms with Crippen LogP contribution in [-0.2, 0) is 11.3 Å². The van der Waals surface area contributed by atoms with Gasteiger partial charge in [0.15, 0.2) is 0 Å². The fourth-order valence-corrected chi connectivity index (χ4v) is 4.52. The molecule has 33 heavy (non-hydrogen) atoms. The Balaban J connectivity index is 1.37. The zero-order valence-electron chi connectivity index (χ0n) is 18.5. The van der Waals surface area contributed by atoms with Gasteiger partial charge < -0.3 is 5.32 Å². The van der Waals surface area contributed by atoms with E-state index in [0.717, 1.165) is 23.4 Å². The fourth-order valence-electron chi connectivity index (χ4n) is 4.52. The lowest BCUT2D eigenvalue weighted by molar-refractivity contribution is -0.114. The Morgan fingerprint density at radius 2 is 1.55 bits per heavy atom. The van der Waals surface area contributed by atoms with Crippen LogP contribution in [0.1, 0.15) is 40.7 Å². The molecule has 0 spiro atoms. The summed E-state index contributed by atoms with van der Waals surface area (Å²) in [5.41, 5.74) is 5.77. The number of hydrogen-bond donors (Lipinski definition) is 2. The smallest absolute Gasteiger partial charge is 0.260 e. The fraction of sp³-hybridized carbons (Fsp3) is 0.214. The van der Waals surface area contributed by atoms with Gasteiger partial charge in [-0.1, -0.05) is 55.0 Å². The second kappa shape index (κ2) is 9.43. The van der Waals surface area contributed by atoms with Gasteiger partial charge in [-0.05, 0) is 66.9 Å². The van der Waals surface area contributed by atoms with Crippen molar-refractivity contribution >= 4 is 23.1 Å². The summed E-state index contributed by atoms with van der Waals surface area (Å²) in [6.07, 6.45) is 5.59. The van der Waals surface area contributed by atoms with Crippen molar-refractivity contribution in [1.82, 2.24) is 10.2 Å². The number of fused-ring (bicyclic) bond motifs is 1. The summed E-state index contributed by atoms with van der Waals surface area (Å²) in [7, 11) is 0. The number of benzene rings is 3. The van der Waals surface area contributed by atoms with E-state index in [9.17, 15) is 9.59 Å². The van der Waals surface area contributed by atoms with Crippen molar-refractivity contribution in [3.8, 4) is 11.1 Å². The molecule has 0 bridgehead atoms. The summed E-state index contributed by atoms with van der Waals surface area (Å²) in [6, 6.07) is 23.9. The first-order valence-electron chi connectivity index (χ1n) is 11.5. The van der Waals surface area contributed by atoms with Gasteiger partial charge in [-0.15, -0.1) is 0 Å². The number of amides is 2. The molecule has 1 fully saturated rings. The zero-order chi connectivity index (χ0) is 22.6. The van der Waals surface area contributed by atoms with E-state index in [0.29, 0.717) is 16.7 Å². The molecule has 0 aliphatic carbocycles. The number of nitrogens with zero attached hydrogens (tertiary/aromatic N) is 1. The summed E-state index contributed by atoms with van der Waals surface area (Å²) >= 11 is 0. The zero-order valence-corrected chi connectivity index (χ0v) is 18.5. The lowest BCUT2D eigenvalue weighted by Crippen LogP contribution is -2.36. The summed E-state index contributed by atoms with van der Waals surface area (Å²) in [5, 5.41) is 5.69. The van der Waals surface area contributed by atoms with Crippen molar-refractivity contribution < 1.29 is 9.59 Å². The molecule has 0 atom stereocenters. The van der Waals surface area contributed by atoms with Gasteiger partial charge in [-0.2, -0.15) is 0 Å². The van der Waals surface area contributed by atoms with Gasteiger partial charge in [0.2, 0.25) is 0 Å². The Morgan fingerprint density at radius 3 is 2.30 bits per heavy atom. The Kier molecular flexibility index (Phi) is 6.05. The van der Waals surface area contributed by atoms with Crippen LogP contribution in [-0.4, -0.2) is 29.8 Å². The van der Waals surface area contributed by atoms with Crippen LogP contribution in [0.2, 0.25) is 0 Å². The van der Waals surface area contributed by atoms with Crippen molar-refractivity contribution in [2.45, 2.75) is 25.8 Å². The molecule has 2 heterocycles. The SMILES string of the molecule is O=C1NC(=O)c2ccc(-c3ccccc3)cc2/C1=C/Nc1ccc(CN2CCCCC2)cc1. The largest absolute Gasteiger partial charge is 0.361 e. The van der Waals surface area contributed by atoms with E-state index in [1.54, 1.807) is 12.3 Å². The summed E-state index contributed by atoms with van der Waals surface area (Å²) < 4.78 is 0. The molecule has 5 nitrogen and oxygen atoms in total. The van der Waals surface area contributed by atoms with E-state index in [4.69, 9.17) is 0 Å². The van der Waals surface area contributed by atoms with Crippen molar-refractivity contribution in [3.05, 3.63) is 95.7 Å². The minimum Gasteiger partial charge on any atom is -0.361 e. The van der Waals surface area contributed by atoms with Gasteiger partial charge in [-0.3, -0.25) is 19.8 Å². The quantitative estimate of drug-likeness (QED) is 0.433. The van der Waals surface area contributed by atoms with Crippen LogP contribution < -0.4 is 10.6 Å². The number of hydrogen-bond acceptors (Lipinski definition) is 4. The number of carbonyl (C=O) groups is 2. The highest BCUT2D eigenvalue weighted by Gasteiger charge is 2.27. The highest BCUT2D eigenvalue weighted by molar-refractivity contribution is 6.31. The first kappa shape index (κ1) is 21.2. The van der Waals surface area contributed by atoms with Gasteiger partial charge in [0, 0.05) is 29.6 Å². The van der Waals surface area contributed by atoms with E-state index >= 15 is 0 Å². The van der Waals surface area contributed by atoms with Crippen molar-refractivity contribution in [3.63, 3.8) is 0 Å². The Bertz CT molecular complexity index is 1190. The van der Waals surface area contributed by atoms with Gasteiger partial charge in [0.25, 0.3) is 11.8 Å². The molecule has 2 N–H and O–H groups in total. The molecule has 166 valence electrons. The number of carbonyl (C=O) groups excluding carboxylic acids is 2. The van der Waals surface area contributed by atoms with Crippen LogP contribution in [0.4, 0.5) is 5.69 Å². The molecule has 0 aromatic heterocycles. The summed E-state index contributed by atoms with van der Waals surface area (Å²) in [4.78, 5) is 27.5. The average Bonchev–Trinajstić information content (AvgIpc) is 2.86. The average molecular weight is 438 g/mol. The van der Waals surface area contributed by atoms with E-state index in [2.05, 4.69) is 27.7 Å². The lowest BCUT2D eigenvalue weighted by atomic mass is 9.91. The van der Waals surface area contributed by atoms with Gasteiger partial charge >= 0.3 is 0 Å². The molecule has 5 rings (SSSR count). The van der Waals surface area contributed by atoms with Crippen molar-refractivity contribution in [2.75, 3.05) is 18.4 Å². The summed E-state index contributed by atoms with van der Waals surface area (Å²) in [5.74, 6) is -0.763. The van der Waals surface area contributed by atoms with E-state index < -0.39 is 5.91 Å². The molecule has 2 amide bonds. The Morgan fingerprint density at radius 1 is 0.788 bits per heavy atom. The van der Waals surface area contributed by atoms with Crippen LogP contribution in [0.25, 0.3) is 16.7 Å². The predicted molar refractivity (Wildman–Crippen MR) is 132 cm³/mol. The highest BCUT2D eigenvalue weighted by atomic mass is 16.2. The first-order chi connectivity index (χ1) is 16.2. The minimum atomic E-state index is -0.396. The molecule has 3 aromatic carbocycles. The third-order valence-corrected chi connectivity index (χ3v) is 6.33. The number of anilines is 1. The number of rotatable bonds is 5. The van der Waals surface area contributed by atoms with Crippen LogP contribution in [0.3, 0.4) is 0 Å². The van der Waals surface area contributed by atoms with Crippen molar-refractivity contribution in [2.24, 2.45) is 0 Å². The Hall–Kier alpha value is -3.70. The maximum atomic E-state index is 12.7. The lowest BCUT2D eigenvalue weighted by Gasteiger charge is -2.26. The maximum Gasteiger partial charge on any atom is 0.260 e. The molecule has 5 heteroatoms. The van der Waals surface area contributed by atoms with E-state index in [1.165, 1.54) is 37.9 Å². The molecule has 0 radical (unpaired) electrons. The third-order valence-electron chi connectivity index (χ3n) is 6.33. The van der Waals surface area contributed by atoms with Crippen molar-refractivity contribution in [1.29, 1.82) is 0 Å². The van der Waals surface area contributed by atoms with Crippen LogP contribution in [0.15, 0.2) is 79.0 Å². The standard InChI is InChI=1S/C28H27N3O2/c32-27-24-14-11-22(21-7-3-1-4-8-21)17-25(24)26(28(33)30-27)18-29-23-12-9-20(10-13-23)19-31-15-5-2-6-16-31/h1,3-4,7-14,17-18,29H,2,5-6,15-16,19H2,(H,30,32,33)/b26-18-. The topological polar surface area (TPSA) is 61.4 Å². The predicted octanol–water partition coefficient (Wildman–Crippen LogP) is 5.06. The molecular formula is C28H27N3O2. The van der Waals surface area contributed by atoms with E-state index in [1.807, 2.05) is 54.6 Å². The second-order valence-corrected chi connectivity index (χ2v) is 8.65. The summed E-state index contributed by atoms with van der Waals surface area (Å²) in [6.45, 7) is 3.32. The molecule has 0 unspecified atom stereocenters. The Labute approximate surface area is 194 Å². The number of imide groups is 1. The molecule has 2 aliphatic rings.